The Kier molecular flexibility index (Phi) is 5.36. The van der Waals surface area contributed by atoms with Gasteiger partial charge in [0.05, 0.1) is 18.7 Å². The molecule has 0 bridgehead atoms. The van der Waals surface area contributed by atoms with E-state index in [1.807, 2.05) is 0 Å². The van der Waals surface area contributed by atoms with Crippen LogP contribution in [-0.4, -0.2) is 36.9 Å². The van der Waals surface area contributed by atoms with Crippen LogP contribution in [0, 0.1) is 0 Å². The highest BCUT2D eigenvalue weighted by molar-refractivity contribution is 6.03. The van der Waals surface area contributed by atoms with Crippen LogP contribution in [-0.2, 0) is 14.3 Å². The van der Waals surface area contributed by atoms with E-state index < -0.39 is 6.10 Å². The zero-order valence-corrected chi connectivity index (χ0v) is 13.6. The number of rotatable bonds is 6. The zero-order valence-electron chi connectivity index (χ0n) is 13.6. The Balaban J connectivity index is 2.29. The van der Waals surface area contributed by atoms with Crippen molar-refractivity contribution in [3.8, 4) is 5.75 Å². The fourth-order valence-electron chi connectivity index (χ4n) is 2.45. The van der Waals surface area contributed by atoms with Gasteiger partial charge >= 0.3 is 5.97 Å². The van der Waals surface area contributed by atoms with Crippen molar-refractivity contribution in [2.75, 3.05) is 18.1 Å². The maximum atomic E-state index is 12.4. The first-order valence-corrected chi connectivity index (χ1v) is 7.78. The number of ether oxygens (including phenoxy) is 2. The number of nitrogens with zero attached hydrogens (tertiary/aromatic N) is 1. The quantitative estimate of drug-likeness (QED) is 0.594. The highest BCUT2D eigenvalue weighted by Gasteiger charge is 2.32. The Morgan fingerprint density at radius 1 is 1.30 bits per heavy atom. The van der Waals surface area contributed by atoms with Gasteiger partial charge in [0.25, 0.3) is 5.91 Å². The van der Waals surface area contributed by atoms with Crippen LogP contribution in [0.5, 0.6) is 5.75 Å². The number of anilines is 1. The van der Waals surface area contributed by atoms with Crippen molar-refractivity contribution in [1.82, 2.24) is 0 Å². The van der Waals surface area contributed by atoms with Gasteiger partial charge in [0.15, 0.2) is 11.9 Å². The normalized spacial score (nSPS) is 16.6. The molecule has 1 heterocycles. The standard InChI is InChI=1S/C17H21NO5/c1-4-14(19)12-6-7-15-13(10-12)18(17(21)11(3)23-15)9-8-16(20)22-5-2/h6-7,10-11H,4-5,8-9H2,1-3H3. The number of amides is 1. The summed E-state index contributed by atoms with van der Waals surface area (Å²) in [6, 6.07) is 5.03. The molecule has 0 aliphatic carbocycles. The van der Waals surface area contributed by atoms with Crippen molar-refractivity contribution in [3.05, 3.63) is 23.8 Å². The number of ketones is 1. The van der Waals surface area contributed by atoms with E-state index in [1.165, 1.54) is 4.90 Å². The van der Waals surface area contributed by atoms with E-state index in [-0.39, 0.29) is 30.6 Å². The summed E-state index contributed by atoms with van der Waals surface area (Å²) in [5, 5.41) is 0. The maximum Gasteiger partial charge on any atom is 0.307 e. The van der Waals surface area contributed by atoms with E-state index in [9.17, 15) is 14.4 Å². The molecule has 0 saturated heterocycles. The van der Waals surface area contributed by atoms with E-state index >= 15 is 0 Å². The highest BCUT2D eigenvalue weighted by atomic mass is 16.5. The van der Waals surface area contributed by atoms with Crippen LogP contribution >= 0.6 is 0 Å². The molecule has 0 N–H and O–H groups in total. The van der Waals surface area contributed by atoms with Crippen molar-refractivity contribution in [3.63, 3.8) is 0 Å². The smallest absolute Gasteiger partial charge is 0.307 e. The molecule has 0 saturated carbocycles. The molecular formula is C17H21NO5. The third kappa shape index (κ3) is 3.70. The predicted octanol–water partition coefficient (Wildman–Crippen LogP) is 2.35. The SMILES string of the molecule is CCOC(=O)CCN1C(=O)C(C)Oc2ccc(C(=O)CC)cc21. The summed E-state index contributed by atoms with van der Waals surface area (Å²) < 4.78 is 10.5. The molecule has 0 fully saturated rings. The lowest BCUT2D eigenvalue weighted by atomic mass is 10.1. The van der Waals surface area contributed by atoms with E-state index in [1.54, 1.807) is 39.0 Å². The molecule has 6 nitrogen and oxygen atoms in total. The second kappa shape index (κ2) is 7.26. The van der Waals surface area contributed by atoms with E-state index in [0.717, 1.165) is 0 Å². The van der Waals surface area contributed by atoms with Crippen LogP contribution in [0.4, 0.5) is 5.69 Å². The Bertz CT molecular complexity index is 625. The van der Waals surface area contributed by atoms with Crippen LogP contribution in [0.3, 0.4) is 0 Å². The third-order valence-corrected chi connectivity index (χ3v) is 3.66. The van der Waals surface area contributed by atoms with Crippen molar-refractivity contribution in [2.24, 2.45) is 0 Å². The molecule has 0 spiro atoms. The summed E-state index contributed by atoms with van der Waals surface area (Å²) in [4.78, 5) is 37.3. The van der Waals surface area contributed by atoms with Gasteiger partial charge in [-0.15, -0.1) is 0 Å². The number of fused-ring (bicyclic) bond motifs is 1. The molecule has 124 valence electrons. The molecule has 0 aromatic heterocycles. The minimum atomic E-state index is -0.627. The average molecular weight is 319 g/mol. The largest absolute Gasteiger partial charge is 0.479 e. The molecule has 2 rings (SSSR count). The first kappa shape index (κ1) is 17.0. The number of benzene rings is 1. The minimum Gasteiger partial charge on any atom is -0.479 e. The molecule has 0 radical (unpaired) electrons. The van der Waals surface area contributed by atoms with Gasteiger partial charge in [-0.1, -0.05) is 6.92 Å². The third-order valence-electron chi connectivity index (χ3n) is 3.66. The Morgan fingerprint density at radius 2 is 2.04 bits per heavy atom. The van der Waals surface area contributed by atoms with E-state index in [2.05, 4.69) is 0 Å². The molecular weight excluding hydrogens is 298 g/mol. The number of Topliss-reactive ketones (excluding diaryl/α,β-unsaturated/α-hetero) is 1. The van der Waals surface area contributed by atoms with Crippen LogP contribution in [0.15, 0.2) is 18.2 Å². The lowest BCUT2D eigenvalue weighted by molar-refractivity contribution is -0.142. The van der Waals surface area contributed by atoms with Gasteiger partial charge in [-0.05, 0) is 32.0 Å². The lowest BCUT2D eigenvalue weighted by Gasteiger charge is -2.33. The summed E-state index contributed by atoms with van der Waals surface area (Å²) in [7, 11) is 0. The number of esters is 1. The fourth-order valence-corrected chi connectivity index (χ4v) is 2.45. The van der Waals surface area contributed by atoms with E-state index in [0.29, 0.717) is 30.0 Å². The van der Waals surface area contributed by atoms with E-state index in [4.69, 9.17) is 9.47 Å². The summed E-state index contributed by atoms with van der Waals surface area (Å²) >= 11 is 0. The van der Waals surface area contributed by atoms with Gasteiger partial charge in [0.2, 0.25) is 0 Å². The van der Waals surface area contributed by atoms with Crippen molar-refractivity contribution >= 4 is 23.3 Å². The number of hydrogen-bond donors (Lipinski definition) is 0. The first-order chi connectivity index (χ1) is 11.0. The highest BCUT2D eigenvalue weighted by Crippen LogP contribution is 2.35. The molecule has 1 aromatic carbocycles. The predicted molar refractivity (Wildman–Crippen MR) is 84.8 cm³/mol. The van der Waals surface area contributed by atoms with Crippen LogP contribution in [0.25, 0.3) is 0 Å². The van der Waals surface area contributed by atoms with Gasteiger partial charge in [-0.3, -0.25) is 14.4 Å². The monoisotopic (exact) mass is 319 g/mol. The summed E-state index contributed by atoms with van der Waals surface area (Å²) in [6.07, 6.45) is -0.151. The van der Waals surface area contributed by atoms with Gasteiger partial charge in [-0.25, -0.2) is 0 Å². The average Bonchev–Trinajstić information content (AvgIpc) is 2.54. The molecule has 6 heteroatoms. The molecule has 1 amide bonds. The van der Waals surface area contributed by atoms with Crippen molar-refractivity contribution < 1.29 is 23.9 Å². The van der Waals surface area contributed by atoms with Gasteiger partial charge < -0.3 is 14.4 Å². The second-order valence-corrected chi connectivity index (χ2v) is 5.26. The Hall–Kier alpha value is -2.37. The first-order valence-electron chi connectivity index (χ1n) is 7.78. The number of carbonyl (C=O) groups excluding carboxylic acids is 3. The maximum absolute atomic E-state index is 12.4. The summed E-state index contributed by atoms with van der Waals surface area (Å²) in [5.74, 6) is -0.0671. The van der Waals surface area contributed by atoms with Crippen LogP contribution in [0.2, 0.25) is 0 Å². The minimum absolute atomic E-state index is 0.00999. The summed E-state index contributed by atoms with van der Waals surface area (Å²) in [6.45, 7) is 5.68. The molecule has 1 aliphatic heterocycles. The Labute approximate surface area is 135 Å². The summed E-state index contributed by atoms with van der Waals surface area (Å²) in [5.41, 5.74) is 1.05. The van der Waals surface area contributed by atoms with Gasteiger partial charge in [-0.2, -0.15) is 0 Å². The molecule has 1 atom stereocenters. The number of carbonyl (C=O) groups is 3. The number of hydrogen-bond acceptors (Lipinski definition) is 5. The van der Waals surface area contributed by atoms with Gasteiger partial charge in [0, 0.05) is 18.5 Å². The van der Waals surface area contributed by atoms with Gasteiger partial charge in [0.1, 0.15) is 5.75 Å². The van der Waals surface area contributed by atoms with Crippen molar-refractivity contribution in [2.45, 2.75) is 39.7 Å². The second-order valence-electron chi connectivity index (χ2n) is 5.26. The molecule has 1 aromatic rings. The van der Waals surface area contributed by atoms with Crippen LogP contribution < -0.4 is 9.64 Å². The van der Waals surface area contributed by atoms with Crippen molar-refractivity contribution in [1.29, 1.82) is 0 Å². The topological polar surface area (TPSA) is 72.9 Å². The Morgan fingerprint density at radius 3 is 2.70 bits per heavy atom. The fraction of sp³-hybridized carbons (Fsp3) is 0.471. The molecule has 1 unspecified atom stereocenters. The molecule has 1 aliphatic rings. The van der Waals surface area contributed by atoms with Crippen LogP contribution in [0.1, 0.15) is 44.0 Å². The zero-order chi connectivity index (χ0) is 17.0. The lowest BCUT2D eigenvalue weighted by Crippen LogP contribution is -2.45. The molecule has 23 heavy (non-hydrogen) atoms.